The molecule has 1 fully saturated rings. The lowest BCUT2D eigenvalue weighted by Gasteiger charge is -2.38. The first-order valence-electron chi connectivity index (χ1n) is 5.67. The van der Waals surface area contributed by atoms with Crippen LogP contribution in [0, 0.1) is 0 Å². The Morgan fingerprint density at radius 2 is 2.56 bits per heavy atom. The van der Waals surface area contributed by atoms with E-state index >= 15 is 0 Å². The predicted molar refractivity (Wildman–Crippen MR) is 65.4 cm³/mol. The SMILES string of the molecule is COC1CCN(Cc2cncs2)C(CN)C1. The predicted octanol–water partition coefficient (Wildman–Crippen LogP) is 1.08. The Morgan fingerprint density at radius 3 is 3.19 bits per heavy atom. The summed E-state index contributed by atoms with van der Waals surface area (Å²) in [6.07, 6.45) is 4.48. The summed E-state index contributed by atoms with van der Waals surface area (Å²) >= 11 is 1.71. The van der Waals surface area contributed by atoms with Crippen LogP contribution >= 0.6 is 11.3 Å². The van der Waals surface area contributed by atoms with Gasteiger partial charge in [0, 0.05) is 43.9 Å². The van der Waals surface area contributed by atoms with Crippen LogP contribution in [-0.2, 0) is 11.3 Å². The molecule has 2 rings (SSSR count). The Hall–Kier alpha value is -0.490. The number of piperidine rings is 1. The van der Waals surface area contributed by atoms with Gasteiger partial charge in [-0.2, -0.15) is 0 Å². The van der Waals surface area contributed by atoms with Gasteiger partial charge >= 0.3 is 0 Å². The molecule has 0 spiro atoms. The third kappa shape index (κ3) is 2.79. The van der Waals surface area contributed by atoms with Crippen molar-refractivity contribution in [2.24, 2.45) is 5.73 Å². The Kier molecular flexibility index (Phi) is 4.29. The Morgan fingerprint density at radius 1 is 1.69 bits per heavy atom. The summed E-state index contributed by atoms with van der Waals surface area (Å²) in [5.41, 5.74) is 7.71. The zero-order valence-electron chi connectivity index (χ0n) is 9.63. The highest BCUT2D eigenvalue weighted by molar-refractivity contribution is 7.09. The molecule has 2 atom stereocenters. The maximum Gasteiger partial charge on any atom is 0.0794 e. The molecule has 2 unspecified atom stereocenters. The second-order valence-electron chi connectivity index (χ2n) is 4.21. The van der Waals surface area contributed by atoms with Gasteiger partial charge in [0.1, 0.15) is 0 Å². The fourth-order valence-electron chi connectivity index (χ4n) is 2.25. The number of methoxy groups -OCH3 is 1. The number of nitrogens with zero attached hydrogens (tertiary/aromatic N) is 2. The highest BCUT2D eigenvalue weighted by atomic mass is 32.1. The van der Waals surface area contributed by atoms with E-state index in [0.717, 1.165) is 25.9 Å². The number of aromatic nitrogens is 1. The van der Waals surface area contributed by atoms with Crippen molar-refractivity contribution < 1.29 is 4.74 Å². The number of likely N-dealkylation sites (tertiary alicyclic amines) is 1. The Labute approximate surface area is 100 Å². The molecule has 0 saturated carbocycles. The monoisotopic (exact) mass is 241 g/mol. The summed E-state index contributed by atoms with van der Waals surface area (Å²) in [5, 5.41) is 0. The molecule has 2 N–H and O–H groups in total. The average molecular weight is 241 g/mol. The molecular weight excluding hydrogens is 222 g/mol. The quantitative estimate of drug-likeness (QED) is 0.857. The van der Waals surface area contributed by atoms with E-state index in [-0.39, 0.29) is 0 Å². The topological polar surface area (TPSA) is 51.4 Å². The number of nitrogens with two attached hydrogens (primary N) is 1. The van der Waals surface area contributed by atoms with Gasteiger partial charge in [0.2, 0.25) is 0 Å². The smallest absolute Gasteiger partial charge is 0.0794 e. The van der Waals surface area contributed by atoms with Gasteiger partial charge in [-0.15, -0.1) is 11.3 Å². The molecule has 5 heteroatoms. The van der Waals surface area contributed by atoms with Crippen molar-refractivity contribution in [3.63, 3.8) is 0 Å². The fourth-order valence-corrected chi connectivity index (χ4v) is 2.87. The first-order valence-corrected chi connectivity index (χ1v) is 6.55. The van der Waals surface area contributed by atoms with Gasteiger partial charge < -0.3 is 10.5 Å². The van der Waals surface area contributed by atoms with Gasteiger partial charge in [0.25, 0.3) is 0 Å². The maximum absolute atomic E-state index is 5.83. The zero-order chi connectivity index (χ0) is 11.4. The van der Waals surface area contributed by atoms with E-state index < -0.39 is 0 Å². The van der Waals surface area contributed by atoms with Crippen LogP contribution in [0.3, 0.4) is 0 Å². The van der Waals surface area contributed by atoms with E-state index in [2.05, 4.69) is 9.88 Å². The average Bonchev–Trinajstić information content (AvgIpc) is 2.82. The summed E-state index contributed by atoms with van der Waals surface area (Å²) in [6, 6.07) is 0.445. The van der Waals surface area contributed by atoms with Crippen LogP contribution in [0.1, 0.15) is 17.7 Å². The van der Waals surface area contributed by atoms with Gasteiger partial charge in [-0.05, 0) is 12.8 Å². The van der Waals surface area contributed by atoms with Gasteiger partial charge in [-0.3, -0.25) is 9.88 Å². The molecule has 0 amide bonds. The minimum absolute atomic E-state index is 0.381. The number of rotatable bonds is 4. The van der Waals surface area contributed by atoms with Crippen molar-refractivity contribution in [2.75, 3.05) is 20.2 Å². The van der Waals surface area contributed by atoms with Crippen molar-refractivity contribution in [3.8, 4) is 0 Å². The van der Waals surface area contributed by atoms with E-state index in [1.165, 1.54) is 4.88 Å². The van der Waals surface area contributed by atoms with Gasteiger partial charge in [-0.1, -0.05) is 0 Å². The minimum atomic E-state index is 0.381. The normalized spacial score (nSPS) is 27.1. The van der Waals surface area contributed by atoms with Crippen molar-refractivity contribution in [3.05, 3.63) is 16.6 Å². The van der Waals surface area contributed by atoms with Gasteiger partial charge in [0.15, 0.2) is 0 Å². The van der Waals surface area contributed by atoms with Crippen LogP contribution in [0.25, 0.3) is 0 Å². The lowest BCUT2D eigenvalue weighted by Crippen LogP contribution is -2.47. The first kappa shape index (κ1) is 12.0. The second kappa shape index (κ2) is 5.72. The molecule has 16 heavy (non-hydrogen) atoms. The number of ether oxygens (including phenoxy) is 1. The molecule has 1 aromatic heterocycles. The standard InChI is InChI=1S/C11H19N3OS/c1-15-10-2-3-14(9(4-10)5-12)7-11-6-13-8-16-11/h6,8-10H,2-5,7,12H2,1H3. The molecule has 1 aliphatic rings. The number of thiazole rings is 1. The van der Waals surface area contributed by atoms with Crippen molar-refractivity contribution >= 4 is 11.3 Å². The number of hydrogen-bond donors (Lipinski definition) is 1. The Balaban J connectivity index is 1.93. The maximum atomic E-state index is 5.83. The third-order valence-electron chi connectivity index (χ3n) is 3.24. The summed E-state index contributed by atoms with van der Waals surface area (Å²) in [7, 11) is 1.79. The molecule has 4 nitrogen and oxygen atoms in total. The van der Waals surface area contributed by atoms with E-state index in [0.29, 0.717) is 18.7 Å². The fraction of sp³-hybridized carbons (Fsp3) is 0.727. The molecule has 90 valence electrons. The molecular formula is C11H19N3OS. The summed E-state index contributed by atoms with van der Waals surface area (Å²) in [4.78, 5) is 7.87. The summed E-state index contributed by atoms with van der Waals surface area (Å²) in [5.74, 6) is 0. The molecule has 1 aliphatic heterocycles. The van der Waals surface area contributed by atoms with Crippen LogP contribution in [0.5, 0.6) is 0 Å². The highest BCUT2D eigenvalue weighted by Gasteiger charge is 2.27. The molecule has 0 bridgehead atoms. The third-order valence-corrected chi connectivity index (χ3v) is 4.00. The molecule has 2 heterocycles. The van der Waals surface area contributed by atoms with Crippen molar-refractivity contribution in [2.45, 2.75) is 31.5 Å². The minimum Gasteiger partial charge on any atom is -0.381 e. The zero-order valence-corrected chi connectivity index (χ0v) is 10.4. The molecule has 1 saturated heterocycles. The molecule has 0 aromatic carbocycles. The van der Waals surface area contributed by atoms with E-state index in [9.17, 15) is 0 Å². The van der Waals surface area contributed by atoms with E-state index in [4.69, 9.17) is 10.5 Å². The van der Waals surface area contributed by atoms with Gasteiger partial charge in [0.05, 0.1) is 11.6 Å². The highest BCUT2D eigenvalue weighted by Crippen LogP contribution is 2.22. The van der Waals surface area contributed by atoms with Crippen LogP contribution in [-0.4, -0.2) is 42.2 Å². The second-order valence-corrected chi connectivity index (χ2v) is 5.18. The molecule has 1 aromatic rings. The lowest BCUT2D eigenvalue weighted by atomic mass is 9.99. The lowest BCUT2D eigenvalue weighted by molar-refractivity contribution is 0.0106. The van der Waals surface area contributed by atoms with Crippen LogP contribution in [0.15, 0.2) is 11.7 Å². The van der Waals surface area contributed by atoms with Crippen LogP contribution in [0.4, 0.5) is 0 Å². The van der Waals surface area contributed by atoms with E-state index in [1.54, 1.807) is 18.4 Å². The first-order chi connectivity index (χ1) is 7.83. The Bertz CT molecular complexity index is 304. The summed E-state index contributed by atoms with van der Waals surface area (Å²) < 4.78 is 5.41. The molecule has 0 radical (unpaired) electrons. The van der Waals surface area contributed by atoms with Gasteiger partial charge in [-0.25, -0.2) is 0 Å². The van der Waals surface area contributed by atoms with E-state index in [1.807, 2.05) is 11.7 Å². The van der Waals surface area contributed by atoms with Crippen LogP contribution < -0.4 is 5.73 Å². The molecule has 0 aliphatic carbocycles. The van der Waals surface area contributed by atoms with Crippen molar-refractivity contribution in [1.82, 2.24) is 9.88 Å². The largest absolute Gasteiger partial charge is 0.381 e. The van der Waals surface area contributed by atoms with Crippen molar-refractivity contribution in [1.29, 1.82) is 0 Å². The number of hydrogen-bond acceptors (Lipinski definition) is 5. The van der Waals surface area contributed by atoms with Crippen LogP contribution in [0.2, 0.25) is 0 Å². The summed E-state index contributed by atoms with van der Waals surface area (Å²) in [6.45, 7) is 2.75.